The molecular formula is C37H61O11PSi2. The number of hydrogen-bond donors (Lipinski definition) is 0. The Labute approximate surface area is 307 Å². The number of rotatable bonds is 23. The van der Waals surface area contributed by atoms with Crippen molar-refractivity contribution in [3.8, 4) is 11.5 Å². The first-order valence-electron chi connectivity index (χ1n) is 17.8. The lowest BCUT2D eigenvalue weighted by atomic mass is 9.93. The normalized spacial score (nSPS) is 15.3. The first-order valence-corrected chi connectivity index (χ1v) is 26.9. The van der Waals surface area contributed by atoms with Crippen LogP contribution in [0, 0.1) is 12.8 Å². The standard InChI is InChI=1S/C37H61O11PSi2/c1-12-44-32(38)18-19-48-49(41,43-5)22-14-13-15-29(36(39)46-21-24-51(9,10)11)25-27(2)16-17-30-34(42-4)28(3)31-26-47-37(40)33(31)35(30)45-20-23-50(6,7)8/h13-14,16,29H,12,15,17-26H2,1-11H3. The summed E-state index contributed by atoms with van der Waals surface area (Å²) in [6, 6.07) is 1.78. The summed E-state index contributed by atoms with van der Waals surface area (Å²) < 4.78 is 52.0. The topological polar surface area (TPSA) is 133 Å². The van der Waals surface area contributed by atoms with Crippen LogP contribution in [0.1, 0.15) is 60.2 Å². The van der Waals surface area contributed by atoms with Crippen molar-refractivity contribution in [1.82, 2.24) is 0 Å². The maximum Gasteiger partial charge on any atom is 0.342 e. The second-order valence-electron chi connectivity index (χ2n) is 15.3. The van der Waals surface area contributed by atoms with Crippen molar-refractivity contribution in [3.05, 3.63) is 46.1 Å². The number of allylic oxidation sites excluding steroid dienone is 4. The smallest absolute Gasteiger partial charge is 0.342 e. The fourth-order valence-corrected chi connectivity index (χ4v) is 7.93. The number of hydrogen-bond acceptors (Lipinski definition) is 11. The second-order valence-corrected chi connectivity index (χ2v) is 28.7. The number of ether oxygens (including phenoxy) is 5. The van der Waals surface area contributed by atoms with E-state index in [2.05, 4.69) is 39.3 Å². The third-order valence-electron chi connectivity index (χ3n) is 8.47. The molecule has 0 N–H and O–H groups in total. The van der Waals surface area contributed by atoms with Gasteiger partial charge in [0.15, 0.2) is 0 Å². The molecule has 1 aliphatic rings. The van der Waals surface area contributed by atoms with Gasteiger partial charge in [0.05, 0.1) is 52.0 Å². The van der Waals surface area contributed by atoms with E-state index in [0.717, 1.165) is 34.4 Å². The number of methoxy groups -OCH3 is 1. The van der Waals surface area contributed by atoms with Crippen LogP contribution in [0.2, 0.25) is 51.4 Å². The van der Waals surface area contributed by atoms with Crippen molar-refractivity contribution in [1.29, 1.82) is 0 Å². The molecule has 0 saturated heterocycles. The van der Waals surface area contributed by atoms with Crippen LogP contribution in [-0.2, 0) is 50.4 Å². The van der Waals surface area contributed by atoms with Gasteiger partial charge in [-0.3, -0.25) is 14.2 Å². The summed E-state index contributed by atoms with van der Waals surface area (Å²) in [5.41, 5.74) is 3.84. The quantitative estimate of drug-likeness (QED) is 0.0349. The van der Waals surface area contributed by atoms with E-state index >= 15 is 0 Å². The number of esters is 3. The Balaban J connectivity index is 2.30. The van der Waals surface area contributed by atoms with E-state index in [1.165, 1.54) is 7.11 Å². The van der Waals surface area contributed by atoms with Gasteiger partial charge >= 0.3 is 25.5 Å². The van der Waals surface area contributed by atoms with Gasteiger partial charge < -0.3 is 32.7 Å². The third kappa shape index (κ3) is 15.0. The van der Waals surface area contributed by atoms with E-state index < -0.39 is 41.6 Å². The molecule has 1 aliphatic heterocycles. The molecule has 0 aromatic heterocycles. The Hall–Kier alpha value is -2.71. The van der Waals surface area contributed by atoms with Gasteiger partial charge in [0.2, 0.25) is 0 Å². The van der Waals surface area contributed by atoms with Crippen LogP contribution < -0.4 is 9.47 Å². The highest BCUT2D eigenvalue weighted by Gasteiger charge is 2.33. The minimum atomic E-state index is -3.48. The summed E-state index contributed by atoms with van der Waals surface area (Å²) in [7, 11) is -3.39. The van der Waals surface area contributed by atoms with Gasteiger partial charge in [-0.25, -0.2) is 4.79 Å². The van der Waals surface area contributed by atoms with Crippen LogP contribution >= 0.6 is 7.60 Å². The van der Waals surface area contributed by atoms with Crippen molar-refractivity contribution in [3.63, 3.8) is 0 Å². The summed E-state index contributed by atoms with van der Waals surface area (Å²) in [5, 5.41) is 0. The molecule has 2 rings (SSSR count). The van der Waals surface area contributed by atoms with Crippen LogP contribution in [-0.4, -0.2) is 80.9 Å². The molecule has 288 valence electrons. The third-order valence-corrected chi connectivity index (χ3v) is 13.7. The fraction of sp³-hybridized carbons (Fsp3) is 0.649. The summed E-state index contributed by atoms with van der Waals surface area (Å²) in [4.78, 5) is 37.9. The van der Waals surface area contributed by atoms with E-state index in [9.17, 15) is 18.9 Å². The van der Waals surface area contributed by atoms with Crippen molar-refractivity contribution in [2.24, 2.45) is 5.92 Å². The molecule has 2 unspecified atom stereocenters. The Morgan fingerprint density at radius 3 is 2.24 bits per heavy atom. The van der Waals surface area contributed by atoms with E-state index in [1.807, 2.05) is 19.9 Å². The highest BCUT2D eigenvalue weighted by Crippen LogP contribution is 2.47. The Bertz CT molecular complexity index is 1460. The van der Waals surface area contributed by atoms with Crippen LogP contribution in [0.5, 0.6) is 11.5 Å². The predicted octanol–water partition coefficient (Wildman–Crippen LogP) is 8.52. The second kappa shape index (κ2) is 20.5. The maximum atomic E-state index is 13.4. The highest BCUT2D eigenvalue weighted by atomic mass is 31.2. The molecule has 51 heavy (non-hydrogen) atoms. The zero-order chi connectivity index (χ0) is 38.4. The zero-order valence-electron chi connectivity index (χ0n) is 32.7. The minimum Gasteiger partial charge on any atom is -0.496 e. The maximum absolute atomic E-state index is 13.4. The fourth-order valence-electron chi connectivity index (χ4n) is 5.36. The Kier molecular flexibility index (Phi) is 17.9. The van der Waals surface area contributed by atoms with Gasteiger partial charge in [-0.1, -0.05) is 63.1 Å². The molecule has 0 spiro atoms. The molecule has 14 heteroatoms. The first-order chi connectivity index (χ1) is 23.8. The molecule has 0 fully saturated rings. The summed E-state index contributed by atoms with van der Waals surface area (Å²) in [6.45, 7) is 20.3. The molecule has 1 aromatic rings. The van der Waals surface area contributed by atoms with Crippen molar-refractivity contribution >= 4 is 41.7 Å². The molecule has 0 bridgehead atoms. The largest absolute Gasteiger partial charge is 0.496 e. The van der Waals surface area contributed by atoms with Crippen LogP contribution in [0.4, 0.5) is 0 Å². The molecule has 0 radical (unpaired) electrons. The summed E-state index contributed by atoms with van der Waals surface area (Å²) in [5.74, 6) is -0.443. The van der Waals surface area contributed by atoms with Gasteiger partial charge in [-0.05, 0) is 57.7 Å². The SMILES string of the molecule is CCOC(=O)CCOP(=O)(CC=CCC(CC(C)=CCc1c(OC)c(C)c2c(c1OCC[Si](C)(C)C)C(=O)OC2)C(=O)OCC[Si](C)(C)C)OC. The van der Waals surface area contributed by atoms with Crippen molar-refractivity contribution in [2.45, 2.75) is 104 Å². The molecule has 1 aromatic carbocycles. The van der Waals surface area contributed by atoms with Gasteiger partial charge in [-0.2, -0.15) is 0 Å². The number of fused-ring (bicyclic) bond motifs is 1. The minimum absolute atomic E-state index is 0.0150. The average Bonchev–Trinajstić information content (AvgIpc) is 3.43. The van der Waals surface area contributed by atoms with E-state index in [-0.39, 0.29) is 38.4 Å². The van der Waals surface area contributed by atoms with E-state index in [4.69, 9.17) is 32.7 Å². The summed E-state index contributed by atoms with van der Waals surface area (Å²) in [6.07, 6.45) is 6.66. The van der Waals surface area contributed by atoms with E-state index in [1.54, 1.807) is 26.2 Å². The number of benzene rings is 1. The Morgan fingerprint density at radius 1 is 0.961 bits per heavy atom. The predicted molar refractivity (Wildman–Crippen MR) is 206 cm³/mol. The van der Waals surface area contributed by atoms with Crippen LogP contribution in [0.25, 0.3) is 0 Å². The lowest BCUT2D eigenvalue weighted by Crippen LogP contribution is -2.25. The first kappa shape index (κ1) is 44.5. The zero-order valence-corrected chi connectivity index (χ0v) is 35.6. The lowest BCUT2D eigenvalue weighted by molar-refractivity contribution is -0.148. The van der Waals surface area contributed by atoms with Crippen molar-refractivity contribution < 1.29 is 51.7 Å². The molecule has 11 nitrogen and oxygen atoms in total. The Morgan fingerprint density at radius 2 is 1.63 bits per heavy atom. The van der Waals surface area contributed by atoms with Gasteiger partial charge in [0.25, 0.3) is 0 Å². The monoisotopic (exact) mass is 768 g/mol. The lowest BCUT2D eigenvalue weighted by Gasteiger charge is -2.22. The number of cyclic esters (lactones) is 1. The van der Waals surface area contributed by atoms with Crippen molar-refractivity contribution in [2.75, 3.05) is 46.8 Å². The van der Waals surface area contributed by atoms with E-state index in [0.29, 0.717) is 49.5 Å². The molecular weight excluding hydrogens is 708 g/mol. The van der Waals surface area contributed by atoms with Gasteiger partial charge in [0, 0.05) is 34.4 Å². The van der Waals surface area contributed by atoms with Crippen LogP contribution in [0.3, 0.4) is 0 Å². The number of carbonyl (C=O) groups is 3. The summed E-state index contributed by atoms with van der Waals surface area (Å²) >= 11 is 0. The molecule has 0 amide bonds. The van der Waals surface area contributed by atoms with Crippen LogP contribution in [0.15, 0.2) is 23.8 Å². The molecule has 1 heterocycles. The highest BCUT2D eigenvalue weighted by molar-refractivity contribution is 7.54. The van der Waals surface area contributed by atoms with Gasteiger partial charge in [0.1, 0.15) is 23.7 Å². The number of carbonyl (C=O) groups excluding carboxylic acids is 3. The molecule has 0 saturated carbocycles. The van der Waals surface area contributed by atoms with Gasteiger partial charge in [-0.15, -0.1) is 0 Å². The average molecular weight is 769 g/mol. The molecule has 0 aliphatic carbocycles. The molecule has 2 atom stereocenters.